The minimum Gasteiger partial charge on any atom is -0.392 e. The molecule has 2 fully saturated rings. The van der Waals surface area contributed by atoms with Crippen LogP contribution in [0.4, 0.5) is 0 Å². The smallest absolute Gasteiger partial charge is 0.233 e. The summed E-state index contributed by atoms with van der Waals surface area (Å²) in [5.74, 6) is 0.568. The van der Waals surface area contributed by atoms with Crippen molar-refractivity contribution in [3.05, 3.63) is 0 Å². The Morgan fingerprint density at radius 2 is 2.06 bits per heavy atom. The lowest BCUT2D eigenvalue weighted by Crippen LogP contribution is -2.53. The molecule has 0 aromatic carbocycles. The van der Waals surface area contributed by atoms with Crippen LogP contribution < -0.4 is 11.1 Å². The zero-order valence-corrected chi connectivity index (χ0v) is 10.9. The second kappa shape index (κ2) is 5.31. The summed E-state index contributed by atoms with van der Waals surface area (Å²) in [6.07, 6.45) is 4.71. The van der Waals surface area contributed by atoms with E-state index in [1.165, 1.54) is 0 Å². The molecular weight excluding hydrogens is 236 g/mol. The molecule has 0 aromatic rings. The van der Waals surface area contributed by atoms with Crippen LogP contribution in [0, 0.1) is 11.3 Å². The highest BCUT2D eigenvalue weighted by Crippen LogP contribution is 2.41. The van der Waals surface area contributed by atoms with Crippen LogP contribution in [0.25, 0.3) is 0 Å². The van der Waals surface area contributed by atoms with Crippen LogP contribution in [-0.4, -0.2) is 30.7 Å². The van der Waals surface area contributed by atoms with Crippen molar-refractivity contribution in [1.82, 2.24) is 5.32 Å². The highest BCUT2D eigenvalue weighted by molar-refractivity contribution is 7.80. The van der Waals surface area contributed by atoms with Crippen LogP contribution in [0.2, 0.25) is 0 Å². The van der Waals surface area contributed by atoms with Gasteiger partial charge in [0.1, 0.15) is 0 Å². The Morgan fingerprint density at radius 1 is 1.41 bits per heavy atom. The van der Waals surface area contributed by atoms with E-state index in [0.29, 0.717) is 10.9 Å². The van der Waals surface area contributed by atoms with Gasteiger partial charge in [0, 0.05) is 19.8 Å². The van der Waals surface area contributed by atoms with Gasteiger partial charge < -0.3 is 15.8 Å². The summed E-state index contributed by atoms with van der Waals surface area (Å²) in [7, 11) is 0. The number of carbonyl (C=O) groups excluding carboxylic acids is 1. The van der Waals surface area contributed by atoms with Gasteiger partial charge in [0.15, 0.2) is 0 Å². The van der Waals surface area contributed by atoms with E-state index >= 15 is 0 Å². The van der Waals surface area contributed by atoms with Crippen molar-refractivity contribution < 1.29 is 9.53 Å². The van der Waals surface area contributed by atoms with Gasteiger partial charge in [0.05, 0.1) is 10.4 Å². The number of hydrogen-bond acceptors (Lipinski definition) is 3. The van der Waals surface area contributed by atoms with Gasteiger partial charge in [-0.3, -0.25) is 4.79 Å². The molecule has 0 spiro atoms. The molecule has 1 aliphatic heterocycles. The van der Waals surface area contributed by atoms with Crippen molar-refractivity contribution in [3.8, 4) is 0 Å². The molecule has 0 radical (unpaired) electrons. The molecule has 17 heavy (non-hydrogen) atoms. The lowest BCUT2D eigenvalue weighted by Gasteiger charge is -2.39. The molecule has 1 aliphatic carbocycles. The quantitative estimate of drug-likeness (QED) is 0.736. The van der Waals surface area contributed by atoms with Gasteiger partial charge in [0.2, 0.25) is 5.91 Å². The molecule has 5 heteroatoms. The zero-order valence-electron chi connectivity index (χ0n) is 10.0. The zero-order chi connectivity index (χ0) is 12.3. The molecule has 1 heterocycles. The first-order chi connectivity index (χ1) is 8.15. The Bertz CT molecular complexity index is 310. The normalized spacial score (nSPS) is 23.8. The van der Waals surface area contributed by atoms with Gasteiger partial charge in [-0.05, 0) is 31.6 Å². The van der Waals surface area contributed by atoms with Crippen molar-refractivity contribution in [3.63, 3.8) is 0 Å². The monoisotopic (exact) mass is 256 g/mol. The maximum absolute atomic E-state index is 12.1. The van der Waals surface area contributed by atoms with E-state index in [9.17, 15) is 4.79 Å². The summed E-state index contributed by atoms with van der Waals surface area (Å²) in [5.41, 5.74) is 5.15. The van der Waals surface area contributed by atoms with Crippen LogP contribution in [0.15, 0.2) is 0 Å². The van der Waals surface area contributed by atoms with Gasteiger partial charge in [-0.25, -0.2) is 0 Å². The van der Waals surface area contributed by atoms with Crippen molar-refractivity contribution in [1.29, 1.82) is 0 Å². The molecule has 2 aliphatic rings. The first kappa shape index (κ1) is 12.8. The summed E-state index contributed by atoms with van der Waals surface area (Å²) in [6, 6.07) is 0. The van der Waals surface area contributed by atoms with Gasteiger partial charge in [-0.15, -0.1) is 0 Å². The fourth-order valence-corrected chi connectivity index (χ4v) is 2.77. The molecule has 1 saturated heterocycles. The second-order valence-corrected chi connectivity index (χ2v) is 5.51. The van der Waals surface area contributed by atoms with E-state index in [-0.39, 0.29) is 5.91 Å². The molecule has 96 valence electrons. The Labute approximate surface area is 107 Å². The summed E-state index contributed by atoms with van der Waals surface area (Å²) < 4.78 is 5.29. The van der Waals surface area contributed by atoms with Crippen molar-refractivity contribution >= 4 is 23.1 Å². The van der Waals surface area contributed by atoms with E-state index in [0.717, 1.165) is 51.9 Å². The third-order valence-corrected chi connectivity index (χ3v) is 4.40. The predicted octanol–water partition coefficient (Wildman–Crippen LogP) is 0.986. The second-order valence-electron chi connectivity index (χ2n) is 5.07. The Kier molecular flexibility index (Phi) is 3.99. The van der Waals surface area contributed by atoms with E-state index in [2.05, 4.69) is 5.32 Å². The summed E-state index contributed by atoms with van der Waals surface area (Å²) in [5, 5.41) is 3.01. The standard InChI is InChI=1S/C12H20N2O2S/c13-10(17)12(4-1-5-12)11(15)14-8-9-2-6-16-7-3-9/h9H,1-8H2,(H2,13,17)(H,14,15). The average molecular weight is 256 g/mol. The molecule has 1 saturated carbocycles. The molecule has 0 unspecified atom stereocenters. The number of thiocarbonyl (C=S) groups is 1. The molecule has 4 nitrogen and oxygen atoms in total. The number of carbonyl (C=O) groups is 1. The molecule has 3 N–H and O–H groups in total. The minimum atomic E-state index is -0.541. The van der Waals surface area contributed by atoms with E-state index in [1.54, 1.807) is 0 Å². The minimum absolute atomic E-state index is 0.0303. The highest BCUT2D eigenvalue weighted by Gasteiger charge is 2.46. The van der Waals surface area contributed by atoms with Crippen LogP contribution >= 0.6 is 12.2 Å². The maximum Gasteiger partial charge on any atom is 0.233 e. The van der Waals surface area contributed by atoms with Crippen molar-refractivity contribution in [2.24, 2.45) is 17.1 Å². The summed E-state index contributed by atoms with van der Waals surface area (Å²) in [4.78, 5) is 12.5. The Hall–Kier alpha value is -0.680. The SMILES string of the molecule is NC(=S)C1(C(=O)NCC2CCOCC2)CCC1. The van der Waals surface area contributed by atoms with Crippen LogP contribution in [0.5, 0.6) is 0 Å². The van der Waals surface area contributed by atoms with Crippen LogP contribution in [0.3, 0.4) is 0 Å². The lowest BCUT2D eigenvalue weighted by molar-refractivity contribution is -0.131. The number of amides is 1. The van der Waals surface area contributed by atoms with Gasteiger partial charge in [0.25, 0.3) is 0 Å². The lowest BCUT2D eigenvalue weighted by atomic mass is 9.68. The van der Waals surface area contributed by atoms with Gasteiger partial charge in [-0.1, -0.05) is 18.6 Å². The van der Waals surface area contributed by atoms with Crippen LogP contribution in [0.1, 0.15) is 32.1 Å². The fraction of sp³-hybridized carbons (Fsp3) is 0.833. The topological polar surface area (TPSA) is 64.4 Å². The van der Waals surface area contributed by atoms with Gasteiger partial charge in [-0.2, -0.15) is 0 Å². The molecule has 2 rings (SSSR count). The number of nitrogens with two attached hydrogens (primary N) is 1. The van der Waals surface area contributed by atoms with E-state index in [1.807, 2.05) is 0 Å². The molecular formula is C12H20N2O2S. The average Bonchev–Trinajstić information content (AvgIpc) is 2.25. The first-order valence-corrected chi connectivity index (χ1v) is 6.72. The van der Waals surface area contributed by atoms with Crippen LogP contribution in [-0.2, 0) is 9.53 Å². The number of rotatable bonds is 4. The molecule has 0 aromatic heterocycles. The van der Waals surface area contributed by atoms with Crippen molar-refractivity contribution in [2.45, 2.75) is 32.1 Å². The van der Waals surface area contributed by atoms with E-state index in [4.69, 9.17) is 22.7 Å². The summed E-state index contributed by atoms with van der Waals surface area (Å²) in [6.45, 7) is 2.34. The number of ether oxygens (including phenoxy) is 1. The molecule has 0 bridgehead atoms. The maximum atomic E-state index is 12.1. The number of nitrogens with one attached hydrogen (secondary N) is 1. The van der Waals surface area contributed by atoms with E-state index < -0.39 is 5.41 Å². The largest absolute Gasteiger partial charge is 0.392 e. The van der Waals surface area contributed by atoms with Gasteiger partial charge >= 0.3 is 0 Å². The Balaban J connectivity index is 1.82. The Morgan fingerprint density at radius 3 is 2.53 bits per heavy atom. The fourth-order valence-electron chi connectivity index (χ4n) is 2.47. The molecule has 0 atom stereocenters. The third kappa shape index (κ3) is 2.60. The predicted molar refractivity (Wildman–Crippen MR) is 69.6 cm³/mol. The third-order valence-electron chi connectivity index (χ3n) is 4.01. The number of hydrogen-bond donors (Lipinski definition) is 2. The first-order valence-electron chi connectivity index (χ1n) is 6.31. The molecule has 1 amide bonds. The van der Waals surface area contributed by atoms with Crippen molar-refractivity contribution in [2.75, 3.05) is 19.8 Å². The summed E-state index contributed by atoms with van der Waals surface area (Å²) >= 11 is 5.02. The highest BCUT2D eigenvalue weighted by atomic mass is 32.1.